The average molecular weight is 474 g/mol. The van der Waals surface area contributed by atoms with E-state index in [9.17, 15) is 22.8 Å². The lowest BCUT2D eigenvalue weighted by Gasteiger charge is -2.32. The number of carbonyl (C=O) groups is 2. The number of hydrogen-bond donors (Lipinski definition) is 1. The summed E-state index contributed by atoms with van der Waals surface area (Å²) in [5.41, 5.74) is 1.52. The van der Waals surface area contributed by atoms with Gasteiger partial charge in [0, 0.05) is 25.7 Å². The Hall–Kier alpha value is -3.40. The Bertz CT molecular complexity index is 1140. The molecule has 1 aliphatic rings. The summed E-state index contributed by atoms with van der Waals surface area (Å²) < 4.78 is 45.8. The van der Waals surface area contributed by atoms with Crippen LogP contribution in [0.25, 0.3) is 11.0 Å². The van der Waals surface area contributed by atoms with E-state index in [1.165, 1.54) is 17.7 Å². The van der Waals surface area contributed by atoms with E-state index < -0.39 is 37.0 Å². The van der Waals surface area contributed by atoms with Crippen LogP contribution in [0, 0.1) is 0 Å². The largest absolute Gasteiger partial charge is 0.454 e. The molecule has 0 aliphatic carbocycles. The van der Waals surface area contributed by atoms with Crippen LogP contribution in [0.15, 0.2) is 54.6 Å². The van der Waals surface area contributed by atoms with Crippen LogP contribution >= 0.6 is 0 Å². The molecule has 0 atom stereocenters. The zero-order chi connectivity index (χ0) is 24.1. The van der Waals surface area contributed by atoms with Gasteiger partial charge in [0.1, 0.15) is 6.54 Å². The molecule has 0 saturated carbocycles. The van der Waals surface area contributed by atoms with Crippen molar-refractivity contribution < 1.29 is 27.5 Å². The number of para-hydroxylation sites is 2. The molecule has 34 heavy (non-hydrogen) atoms. The Labute approximate surface area is 194 Å². The maximum absolute atomic E-state index is 13.4. The van der Waals surface area contributed by atoms with Crippen LogP contribution < -0.4 is 5.32 Å². The Morgan fingerprint density at radius 3 is 2.41 bits per heavy atom. The first-order valence-electron chi connectivity index (χ1n) is 11.0. The maximum Gasteiger partial charge on any atom is 0.449 e. The minimum Gasteiger partial charge on any atom is -0.454 e. The average Bonchev–Trinajstić information content (AvgIpc) is 3.19. The van der Waals surface area contributed by atoms with Crippen LogP contribution in [-0.2, 0) is 33.6 Å². The summed E-state index contributed by atoms with van der Waals surface area (Å²) >= 11 is 0. The molecule has 1 aliphatic heterocycles. The number of hydrogen-bond acceptors (Lipinski definition) is 5. The van der Waals surface area contributed by atoms with Crippen LogP contribution in [0.2, 0.25) is 0 Å². The van der Waals surface area contributed by atoms with Gasteiger partial charge < -0.3 is 14.6 Å². The number of esters is 1. The number of fused-ring (bicyclic) bond motifs is 1. The number of halogens is 3. The number of nitrogens with one attached hydrogen (secondary N) is 1. The van der Waals surface area contributed by atoms with E-state index in [-0.39, 0.29) is 17.1 Å². The molecule has 10 heteroatoms. The molecule has 180 valence electrons. The summed E-state index contributed by atoms with van der Waals surface area (Å²) in [7, 11) is 0. The summed E-state index contributed by atoms with van der Waals surface area (Å²) in [4.78, 5) is 30.3. The van der Waals surface area contributed by atoms with Gasteiger partial charge in [-0.3, -0.25) is 14.5 Å². The number of carbonyl (C=O) groups excluding carboxylic acids is 2. The summed E-state index contributed by atoms with van der Waals surface area (Å²) in [6.07, 6.45) is -3.20. The second kappa shape index (κ2) is 10.3. The molecular formula is C24H25F3N4O3. The van der Waals surface area contributed by atoms with E-state index >= 15 is 0 Å². The molecule has 0 spiro atoms. The van der Waals surface area contributed by atoms with E-state index in [1.807, 2.05) is 18.2 Å². The second-order valence-corrected chi connectivity index (χ2v) is 8.27. The number of alkyl halides is 3. The third-order valence-electron chi connectivity index (χ3n) is 5.76. The van der Waals surface area contributed by atoms with Crippen LogP contribution in [-0.4, -0.2) is 52.1 Å². The first kappa shape index (κ1) is 23.7. The van der Waals surface area contributed by atoms with Gasteiger partial charge in [-0.2, -0.15) is 13.2 Å². The highest BCUT2D eigenvalue weighted by molar-refractivity contribution is 5.82. The fourth-order valence-corrected chi connectivity index (χ4v) is 4.12. The predicted molar refractivity (Wildman–Crippen MR) is 119 cm³/mol. The zero-order valence-corrected chi connectivity index (χ0v) is 18.4. The lowest BCUT2D eigenvalue weighted by Crippen LogP contribution is -2.45. The lowest BCUT2D eigenvalue weighted by atomic mass is 10.0. The standard InChI is InChI=1S/C24H25F3N4O3/c25-24(26,27)23-29-19-8-4-5-9-20(19)31(23)15-22(33)34-16-21(32)28-18-10-12-30(13-11-18)14-17-6-2-1-3-7-17/h1-9,18H,10-16H2,(H,28,32). The van der Waals surface area contributed by atoms with Crippen LogP contribution in [0.4, 0.5) is 13.2 Å². The van der Waals surface area contributed by atoms with E-state index in [0.29, 0.717) is 0 Å². The number of aromatic nitrogens is 2. The minimum absolute atomic E-state index is 0.0346. The van der Waals surface area contributed by atoms with Crippen molar-refractivity contribution in [3.8, 4) is 0 Å². The molecule has 2 aromatic carbocycles. The maximum atomic E-state index is 13.4. The second-order valence-electron chi connectivity index (χ2n) is 8.27. The summed E-state index contributed by atoms with van der Waals surface area (Å²) in [5.74, 6) is -2.60. The highest BCUT2D eigenvalue weighted by Gasteiger charge is 2.38. The fraction of sp³-hybridized carbons (Fsp3) is 0.375. The van der Waals surface area contributed by atoms with Gasteiger partial charge in [-0.05, 0) is 30.5 Å². The van der Waals surface area contributed by atoms with Gasteiger partial charge in [0.05, 0.1) is 11.0 Å². The number of nitrogens with zero attached hydrogens (tertiary/aromatic N) is 3. The van der Waals surface area contributed by atoms with Crippen molar-refractivity contribution in [3.63, 3.8) is 0 Å². The molecule has 0 bridgehead atoms. The monoisotopic (exact) mass is 474 g/mol. The van der Waals surface area contributed by atoms with Crippen molar-refractivity contribution in [2.24, 2.45) is 0 Å². The van der Waals surface area contributed by atoms with E-state index in [4.69, 9.17) is 4.74 Å². The highest BCUT2D eigenvalue weighted by atomic mass is 19.4. The molecule has 0 radical (unpaired) electrons. The van der Waals surface area contributed by atoms with Gasteiger partial charge in [0.25, 0.3) is 5.91 Å². The fourth-order valence-electron chi connectivity index (χ4n) is 4.12. The first-order valence-corrected chi connectivity index (χ1v) is 11.0. The number of benzene rings is 2. The molecule has 3 aromatic rings. The van der Waals surface area contributed by atoms with Crippen LogP contribution in [0.3, 0.4) is 0 Å². The number of rotatable bonds is 7. The third kappa shape index (κ3) is 5.93. The smallest absolute Gasteiger partial charge is 0.449 e. The van der Waals surface area contributed by atoms with Crippen molar-refractivity contribution in [1.82, 2.24) is 19.8 Å². The Kier molecular flexibility index (Phi) is 7.16. The normalized spacial score (nSPS) is 15.4. The van der Waals surface area contributed by atoms with Crippen molar-refractivity contribution in [2.45, 2.75) is 38.1 Å². The van der Waals surface area contributed by atoms with Gasteiger partial charge in [0.2, 0.25) is 5.82 Å². The number of ether oxygens (including phenoxy) is 1. The van der Waals surface area contributed by atoms with Gasteiger partial charge in [-0.1, -0.05) is 42.5 Å². The van der Waals surface area contributed by atoms with Crippen molar-refractivity contribution in [2.75, 3.05) is 19.7 Å². The third-order valence-corrected chi connectivity index (χ3v) is 5.76. The van der Waals surface area contributed by atoms with Crippen molar-refractivity contribution in [3.05, 3.63) is 66.0 Å². The summed E-state index contributed by atoms with van der Waals surface area (Å²) in [6, 6.07) is 16.1. The molecule has 7 nitrogen and oxygen atoms in total. The molecule has 0 unspecified atom stereocenters. The highest BCUT2D eigenvalue weighted by Crippen LogP contribution is 2.31. The molecule has 1 saturated heterocycles. The molecule has 1 N–H and O–H groups in total. The Morgan fingerprint density at radius 2 is 1.71 bits per heavy atom. The summed E-state index contributed by atoms with van der Waals surface area (Å²) in [6.45, 7) is 1.26. The van der Waals surface area contributed by atoms with Crippen LogP contribution in [0.5, 0.6) is 0 Å². The van der Waals surface area contributed by atoms with Gasteiger partial charge in [-0.15, -0.1) is 0 Å². The van der Waals surface area contributed by atoms with E-state index in [0.717, 1.165) is 37.0 Å². The lowest BCUT2D eigenvalue weighted by molar-refractivity contribution is -0.153. The quantitative estimate of drug-likeness (QED) is 0.532. The molecule has 2 heterocycles. The van der Waals surface area contributed by atoms with Crippen LogP contribution in [0.1, 0.15) is 24.2 Å². The zero-order valence-electron chi connectivity index (χ0n) is 18.4. The predicted octanol–water partition coefficient (Wildman–Crippen LogP) is 3.38. The first-order chi connectivity index (χ1) is 16.3. The number of piperidine rings is 1. The molecular weight excluding hydrogens is 449 g/mol. The van der Waals surface area contributed by atoms with Gasteiger partial charge >= 0.3 is 12.1 Å². The summed E-state index contributed by atoms with van der Waals surface area (Å²) in [5, 5.41) is 2.84. The SMILES string of the molecule is O=C(COC(=O)Cn1c(C(F)(F)F)nc2ccccc21)NC1CCN(Cc2ccccc2)CC1. The molecule has 1 amide bonds. The Balaban J connectivity index is 1.25. The van der Waals surface area contributed by atoms with Crippen molar-refractivity contribution in [1.29, 1.82) is 0 Å². The molecule has 4 rings (SSSR count). The van der Waals surface area contributed by atoms with Gasteiger partial charge in [-0.25, -0.2) is 4.98 Å². The number of imidazole rings is 1. The minimum atomic E-state index is -4.73. The topological polar surface area (TPSA) is 76.5 Å². The Morgan fingerprint density at radius 1 is 1.03 bits per heavy atom. The molecule has 1 aromatic heterocycles. The van der Waals surface area contributed by atoms with Gasteiger partial charge in [0.15, 0.2) is 6.61 Å². The van der Waals surface area contributed by atoms with E-state index in [1.54, 1.807) is 12.1 Å². The van der Waals surface area contributed by atoms with Crippen molar-refractivity contribution >= 4 is 22.9 Å². The van der Waals surface area contributed by atoms with E-state index in [2.05, 4.69) is 27.3 Å². The number of likely N-dealkylation sites (tertiary alicyclic amines) is 1. The number of amides is 1. The molecule has 1 fully saturated rings.